The molecule has 0 saturated carbocycles. The molecule has 2 atom stereocenters. The van der Waals surface area contributed by atoms with Gasteiger partial charge in [-0.15, -0.1) is 12.4 Å². The molecule has 2 heterocycles. The van der Waals surface area contributed by atoms with Gasteiger partial charge < -0.3 is 15.6 Å². The van der Waals surface area contributed by atoms with Gasteiger partial charge in [-0.3, -0.25) is 4.79 Å². The zero-order chi connectivity index (χ0) is 17.9. The van der Waals surface area contributed by atoms with Gasteiger partial charge in [0.05, 0.1) is 6.04 Å². The van der Waals surface area contributed by atoms with Gasteiger partial charge in [0.15, 0.2) is 0 Å². The molecule has 142 valence electrons. The lowest BCUT2D eigenvalue weighted by Gasteiger charge is -2.20. The van der Waals surface area contributed by atoms with Gasteiger partial charge in [0.25, 0.3) is 0 Å². The molecule has 0 aliphatic carbocycles. The molecule has 0 spiro atoms. The number of hydrogen-bond donors (Lipinski definition) is 3. The van der Waals surface area contributed by atoms with Crippen molar-refractivity contribution in [1.29, 1.82) is 0 Å². The number of H-pyrrole nitrogens is 1. The molecule has 27 heavy (non-hydrogen) atoms. The van der Waals surface area contributed by atoms with Crippen LogP contribution in [-0.4, -0.2) is 30.0 Å². The Hall–Kier alpha value is -2.01. The van der Waals surface area contributed by atoms with Crippen LogP contribution in [0.4, 0.5) is 0 Å². The normalized spacial score (nSPS) is 17.4. The van der Waals surface area contributed by atoms with E-state index in [0.29, 0.717) is 6.54 Å². The third kappa shape index (κ3) is 4.13. The fourth-order valence-electron chi connectivity index (χ4n) is 3.76. The SMILES string of the molecule is Cl.O=C(NCC(c1ccccc1Cl)c1c[nH]c2ccccc12)C1CCCN1. The molecule has 4 rings (SSSR count). The highest BCUT2D eigenvalue weighted by Gasteiger charge is 2.25. The first-order valence-electron chi connectivity index (χ1n) is 9.05. The molecule has 1 aromatic heterocycles. The summed E-state index contributed by atoms with van der Waals surface area (Å²) in [7, 11) is 0. The number of aromatic amines is 1. The number of carbonyl (C=O) groups excluding carboxylic acids is 1. The van der Waals surface area contributed by atoms with Crippen LogP contribution in [0.3, 0.4) is 0 Å². The number of aromatic nitrogens is 1. The molecule has 4 nitrogen and oxygen atoms in total. The summed E-state index contributed by atoms with van der Waals surface area (Å²) in [5, 5.41) is 8.26. The Labute approximate surface area is 170 Å². The van der Waals surface area contributed by atoms with E-state index in [0.717, 1.165) is 46.4 Å². The minimum Gasteiger partial charge on any atom is -0.361 e. The molecule has 2 aromatic carbocycles. The van der Waals surface area contributed by atoms with Crippen molar-refractivity contribution in [2.75, 3.05) is 13.1 Å². The summed E-state index contributed by atoms with van der Waals surface area (Å²) in [6.45, 7) is 1.43. The van der Waals surface area contributed by atoms with Crippen molar-refractivity contribution in [3.8, 4) is 0 Å². The van der Waals surface area contributed by atoms with Crippen LogP contribution < -0.4 is 10.6 Å². The lowest BCUT2D eigenvalue weighted by molar-refractivity contribution is -0.122. The Morgan fingerprint density at radius 1 is 1.15 bits per heavy atom. The van der Waals surface area contributed by atoms with Crippen LogP contribution in [0.5, 0.6) is 0 Å². The van der Waals surface area contributed by atoms with Gasteiger partial charge in [-0.25, -0.2) is 0 Å². The number of para-hydroxylation sites is 1. The molecule has 1 saturated heterocycles. The highest BCUT2D eigenvalue weighted by Crippen LogP contribution is 2.34. The largest absolute Gasteiger partial charge is 0.361 e. The Bertz CT molecular complexity index is 918. The molecule has 1 fully saturated rings. The summed E-state index contributed by atoms with van der Waals surface area (Å²) in [5.41, 5.74) is 3.26. The Morgan fingerprint density at radius 3 is 2.70 bits per heavy atom. The second-order valence-electron chi connectivity index (χ2n) is 6.76. The van der Waals surface area contributed by atoms with Crippen molar-refractivity contribution in [3.05, 3.63) is 70.9 Å². The summed E-state index contributed by atoms with van der Waals surface area (Å²) in [6.07, 6.45) is 3.97. The molecule has 2 unspecified atom stereocenters. The van der Waals surface area contributed by atoms with Crippen LogP contribution in [-0.2, 0) is 4.79 Å². The fraction of sp³-hybridized carbons (Fsp3) is 0.286. The lowest BCUT2D eigenvalue weighted by atomic mass is 9.90. The van der Waals surface area contributed by atoms with E-state index in [1.807, 2.05) is 42.6 Å². The van der Waals surface area contributed by atoms with E-state index in [1.54, 1.807) is 0 Å². The maximum absolute atomic E-state index is 12.5. The van der Waals surface area contributed by atoms with E-state index in [9.17, 15) is 4.79 Å². The Kier molecular flexibility index (Phi) is 6.42. The molecule has 3 N–H and O–H groups in total. The summed E-state index contributed by atoms with van der Waals surface area (Å²) >= 11 is 6.49. The van der Waals surface area contributed by atoms with Crippen molar-refractivity contribution in [2.24, 2.45) is 0 Å². The lowest BCUT2D eigenvalue weighted by Crippen LogP contribution is -2.42. The van der Waals surface area contributed by atoms with Crippen LogP contribution >= 0.6 is 24.0 Å². The molecule has 0 bridgehead atoms. The van der Waals surface area contributed by atoms with Crippen molar-refractivity contribution >= 4 is 40.8 Å². The van der Waals surface area contributed by atoms with Crippen molar-refractivity contribution < 1.29 is 4.79 Å². The first-order chi connectivity index (χ1) is 12.7. The quantitative estimate of drug-likeness (QED) is 0.596. The average molecular weight is 404 g/mol. The van der Waals surface area contributed by atoms with E-state index >= 15 is 0 Å². The van der Waals surface area contributed by atoms with Crippen molar-refractivity contribution in [2.45, 2.75) is 24.8 Å². The van der Waals surface area contributed by atoms with E-state index in [2.05, 4.69) is 27.8 Å². The van der Waals surface area contributed by atoms with Gasteiger partial charge in [0.2, 0.25) is 5.91 Å². The van der Waals surface area contributed by atoms with Crippen molar-refractivity contribution in [1.82, 2.24) is 15.6 Å². The summed E-state index contributed by atoms with van der Waals surface area (Å²) < 4.78 is 0. The number of halogens is 2. The van der Waals surface area contributed by atoms with Crippen molar-refractivity contribution in [3.63, 3.8) is 0 Å². The summed E-state index contributed by atoms with van der Waals surface area (Å²) in [5.74, 6) is 0.0598. The first kappa shape index (κ1) is 19.7. The summed E-state index contributed by atoms with van der Waals surface area (Å²) in [4.78, 5) is 15.8. The molecular formula is C21H23Cl2N3O. The number of carbonyl (C=O) groups is 1. The molecular weight excluding hydrogens is 381 g/mol. The molecule has 6 heteroatoms. The number of hydrogen-bond acceptors (Lipinski definition) is 2. The van der Waals surface area contributed by atoms with E-state index in [1.165, 1.54) is 0 Å². The molecule has 3 aromatic rings. The summed E-state index contributed by atoms with van der Waals surface area (Å²) in [6, 6.07) is 16.0. The number of nitrogens with one attached hydrogen (secondary N) is 3. The van der Waals surface area contributed by atoms with Crippen LogP contribution in [0.25, 0.3) is 10.9 Å². The Morgan fingerprint density at radius 2 is 1.93 bits per heavy atom. The van der Waals surface area contributed by atoms with Gasteiger partial charge in [0, 0.05) is 34.6 Å². The number of amides is 1. The number of rotatable bonds is 5. The van der Waals surface area contributed by atoms with Crippen LogP contribution in [0.1, 0.15) is 29.9 Å². The second-order valence-corrected chi connectivity index (χ2v) is 7.16. The fourth-order valence-corrected chi connectivity index (χ4v) is 4.03. The van der Waals surface area contributed by atoms with Gasteiger partial charge in [-0.2, -0.15) is 0 Å². The first-order valence-corrected chi connectivity index (χ1v) is 9.43. The molecule has 1 aliphatic rings. The number of benzene rings is 2. The highest BCUT2D eigenvalue weighted by molar-refractivity contribution is 6.31. The minimum atomic E-state index is -0.0788. The smallest absolute Gasteiger partial charge is 0.237 e. The van der Waals surface area contributed by atoms with Crippen LogP contribution in [0.15, 0.2) is 54.7 Å². The third-order valence-corrected chi connectivity index (χ3v) is 5.48. The topological polar surface area (TPSA) is 56.9 Å². The van der Waals surface area contributed by atoms with Crippen LogP contribution in [0, 0.1) is 0 Å². The van der Waals surface area contributed by atoms with Gasteiger partial charge in [0.1, 0.15) is 0 Å². The predicted octanol–water partition coefficient (Wildman–Crippen LogP) is 4.24. The maximum atomic E-state index is 12.5. The minimum absolute atomic E-state index is 0. The Balaban J connectivity index is 0.00000210. The molecule has 1 amide bonds. The van der Waals surface area contributed by atoms with Gasteiger partial charge in [-0.1, -0.05) is 48.0 Å². The standard InChI is InChI=1S/C21H22ClN3O.ClH/c22-18-8-3-1-6-14(18)16(13-25-21(26)20-10-5-11-23-20)17-12-24-19-9-4-2-7-15(17)19;/h1-4,6-9,12,16,20,23-24H,5,10-11,13H2,(H,25,26);1H. The van der Waals surface area contributed by atoms with Gasteiger partial charge in [-0.05, 0) is 42.6 Å². The van der Waals surface area contributed by atoms with Crippen LogP contribution in [0.2, 0.25) is 5.02 Å². The van der Waals surface area contributed by atoms with E-state index in [4.69, 9.17) is 11.6 Å². The average Bonchev–Trinajstić information content (AvgIpc) is 3.33. The molecule has 0 radical (unpaired) electrons. The monoisotopic (exact) mass is 403 g/mol. The van der Waals surface area contributed by atoms with Gasteiger partial charge >= 0.3 is 0 Å². The second kappa shape index (κ2) is 8.79. The maximum Gasteiger partial charge on any atom is 0.237 e. The third-order valence-electron chi connectivity index (χ3n) is 5.13. The highest BCUT2D eigenvalue weighted by atomic mass is 35.5. The molecule has 1 aliphatic heterocycles. The zero-order valence-corrected chi connectivity index (χ0v) is 16.4. The predicted molar refractivity (Wildman–Crippen MR) is 113 cm³/mol. The van der Waals surface area contributed by atoms with E-state index in [-0.39, 0.29) is 30.3 Å². The zero-order valence-electron chi connectivity index (χ0n) is 14.9. The number of fused-ring (bicyclic) bond motifs is 1. The van der Waals surface area contributed by atoms with E-state index < -0.39 is 0 Å².